The van der Waals surface area contributed by atoms with Gasteiger partial charge in [0.1, 0.15) is 5.82 Å². The molecule has 25 heavy (non-hydrogen) atoms. The molecule has 8 heteroatoms. The summed E-state index contributed by atoms with van der Waals surface area (Å²) in [4.78, 5) is 23.3. The van der Waals surface area contributed by atoms with Crippen molar-refractivity contribution in [2.75, 3.05) is 0 Å². The molecule has 0 radical (unpaired) electrons. The summed E-state index contributed by atoms with van der Waals surface area (Å²) in [6.45, 7) is 0. The maximum Gasteiger partial charge on any atom is 0.416 e. The van der Waals surface area contributed by atoms with Gasteiger partial charge < -0.3 is 0 Å². The van der Waals surface area contributed by atoms with Gasteiger partial charge in [-0.05, 0) is 48.0 Å². The van der Waals surface area contributed by atoms with Gasteiger partial charge in [0.05, 0.1) is 5.56 Å². The smallest absolute Gasteiger partial charge is 0.268 e. The highest BCUT2D eigenvalue weighted by Gasteiger charge is 2.29. The molecular weight excluding hydrogens is 340 g/mol. The Hall–Kier alpha value is -3.16. The number of benzene rings is 2. The minimum absolute atomic E-state index is 0.147. The molecule has 0 atom stereocenters. The molecule has 4 nitrogen and oxygen atoms in total. The van der Waals surface area contributed by atoms with Gasteiger partial charge in [-0.1, -0.05) is 12.1 Å². The van der Waals surface area contributed by atoms with Crippen molar-refractivity contribution in [1.82, 2.24) is 10.9 Å². The van der Waals surface area contributed by atoms with Gasteiger partial charge >= 0.3 is 6.18 Å². The van der Waals surface area contributed by atoms with E-state index in [-0.39, 0.29) is 5.56 Å². The van der Waals surface area contributed by atoms with Gasteiger partial charge in [-0.15, -0.1) is 0 Å². The average molecular weight is 352 g/mol. The average Bonchev–Trinajstić information content (AvgIpc) is 2.58. The minimum atomic E-state index is -4.43. The Kier molecular flexibility index (Phi) is 5.53. The van der Waals surface area contributed by atoms with E-state index < -0.39 is 29.4 Å². The number of carbonyl (C=O) groups excluding carboxylic acids is 2. The van der Waals surface area contributed by atoms with Gasteiger partial charge in [-0.25, -0.2) is 4.39 Å². The second-order valence-electron chi connectivity index (χ2n) is 4.90. The molecule has 2 N–H and O–H groups in total. The van der Waals surface area contributed by atoms with E-state index in [0.717, 1.165) is 30.3 Å². The molecule has 0 spiro atoms. The van der Waals surface area contributed by atoms with Gasteiger partial charge in [-0.2, -0.15) is 13.2 Å². The Labute approximate surface area is 140 Å². The lowest BCUT2D eigenvalue weighted by atomic mass is 10.1. The highest BCUT2D eigenvalue weighted by Crippen LogP contribution is 2.29. The van der Waals surface area contributed by atoms with Crippen LogP contribution < -0.4 is 10.9 Å². The van der Waals surface area contributed by atoms with Crippen LogP contribution in [0.1, 0.15) is 21.5 Å². The number of halogens is 4. The Morgan fingerprint density at radius 1 is 0.880 bits per heavy atom. The number of hydrogen-bond donors (Lipinski definition) is 2. The third-order valence-corrected chi connectivity index (χ3v) is 3.07. The Bertz CT molecular complexity index is 782. The second kappa shape index (κ2) is 7.61. The second-order valence-corrected chi connectivity index (χ2v) is 4.90. The van der Waals surface area contributed by atoms with Crippen molar-refractivity contribution < 1.29 is 27.2 Å². The fourth-order valence-electron chi connectivity index (χ4n) is 1.79. The zero-order valence-electron chi connectivity index (χ0n) is 12.6. The van der Waals surface area contributed by atoms with Gasteiger partial charge in [0.25, 0.3) is 11.8 Å². The van der Waals surface area contributed by atoms with E-state index in [1.807, 2.05) is 0 Å². The molecule has 0 saturated carbocycles. The topological polar surface area (TPSA) is 58.2 Å². The standard InChI is InChI=1S/C17H12F4N2O2/c18-14-8-4-12(5-9-14)16(25)23-22-15(24)10-3-11-1-6-13(7-2-11)17(19,20)21/h1-10H,(H,22,24)(H,23,25)/b10-3+. The van der Waals surface area contributed by atoms with Gasteiger partial charge in [0.2, 0.25) is 0 Å². The maximum atomic E-state index is 12.7. The maximum absolute atomic E-state index is 12.7. The van der Waals surface area contributed by atoms with E-state index in [2.05, 4.69) is 10.9 Å². The highest BCUT2D eigenvalue weighted by atomic mass is 19.4. The fourth-order valence-corrected chi connectivity index (χ4v) is 1.79. The van der Waals surface area contributed by atoms with Crippen LogP contribution in [0.3, 0.4) is 0 Å². The summed E-state index contributed by atoms with van der Waals surface area (Å²) in [5.41, 5.74) is 3.96. The molecule has 0 heterocycles. The minimum Gasteiger partial charge on any atom is -0.268 e. The van der Waals surface area contributed by atoms with Crippen LogP contribution in [0.5, 0.6) is 0 Å². The number of hydrazine groups is 1. The number of nitrogens with one attached hydrogen (secondary N) is 2. The number of carbonyl (C=O) groups is 2. The van der Waals surface area contributed by atoms with E-state index in [1.165, 1.54) is 30.3 Å². The zero-order chi connectivity index (χ0) is 18.4. The van der Waals surface area contributed by atoms with Crippen molar-refractivity contribution in [1.29, 1.82) is 0 Å². The number of hydrogen-bond acceptors (Lipinski definition) is 2. The molecule has 2 aromatic rings. The molecule has 2 aromatic carbocycles. The molecule has 0 bridgehead atoms. The number of rotatable bonds is 3. The molecule has 0 aromatic heterocycles. The Morgan fingerprint density at radius 2 is 1.48 bits per heavy atom. The van der Waals surface area contributed by atoms with Crippen LogP contribution in [-0.2, 0) is 11.0 Å². The molecule has 2 rings (SSSR count). The van der Waals surface area contributed by atoms with E-state index in [0.29, 0.717) is 5.56 Å². The summed E-state index contributed by atoms with van der Waals surface area (Å²) in [7, 11) is 0. The summed E-state index contributed by atoms with van der Waals surface area (Å²) >= 11 is 0. The molecule has 2 amide bonds. The summed E-state index contributed by atoms with van der Waals surface area (Å²) in [6.07, 6.45) is -2.09. The summed E-state index contributed by atoms with van der Waals surface area (Å²) in [5.74, 6) is -1.83. The predicted octanol–water partition coefficient (Wildman–Crippen LogP) is 3.32. The number of amides is 2. The summed E-state index contributed by atoms with van der Waals surface area (Å²) < 4.78 is 50.0. The van der Waals surface area contributed by atoms with Gasteiger partial charge in [-0.3, -0.25) is 20.4 Å². The lowest BCUT2D eigenvalue weighted by Gasteiger charge is -2.06. The van der Waals surface area contributed by atoms with Crippen molar-refractivity contribution >= 4 is 17.9 Å². The third-order valence-electron chi connectivity index (χ3n) is 3.07. The lowest BCUT2D eigenvalue weighted by molar-refractivity contribution is -0.137. The lowest BCUT2D eigenvalue weighted by Crippen LogP contribution is -2.40. The van der Waals surface area contributed by atoms with E-state index in [1.54, 1.807) is 0 Å². The van der Waals surface area contributed by atoms with Crippen molar-refractivity contribution in [2.24, 2.45) is 0 Å². The van der Waals surface area contributed by atoms with Crippen LogP contribution in [0.2, 0.25) is 0 Å². The third kappa shape index (κ3) is 5.45. The summed E-state index contributed by atoms with van der Waals surface area (Å²) in [6, 6.07) is 8.90. The normalized spacial score (nSPS) is 11.4. The first kappa shape index (κ1) is 18.2. The van der Waals surface area contributed by atoms with Crippen LogP contribution in [0, 0.1) is 5.82 Å². The first-order valence-electron chi connectivity index (χ1n) is 6.97. The molecule has 0 saturated heterocycles. The molecule has 0 fully saturated rings. The fraction of sp³-hybridized carbons (Fsp3) is 0.0588. The van der Waals surface area contributed by atoms with Gasteiger partial charge in [0.15, 0.2) is 0 Å². The van der Waals surface area contributed by atoms with Crippen molar-refractivity contribution in [2.45, 2.75) is 6.18 Å². The first-order chi connectivity index (χ1) is 11.8. The SMILES string of the molecule is O=C(/C=C/c1ccc(C(F)(F)F)cc1)NNC(=O)c1ccc(F)cc1. The largest absolute Gasteiger partial charge is 0.416 e. The zero-order valence-corrected chi connectivity index (χ0v) is 12.6. The van der Waals surface area contributed by atoms with Crippen LogP contribution in [0.15, 0.2) is 54.6 Å². The molecule has 0 aliphatic carbocycles. The molecule has 130 valence electrons. The van der Waals surface area contributed by atoms with Crippen LogP contribution in [0.4, 0.5) is 17.6 Å². The van der Waals surface area contributed by atoms with Crippen LogP contribution in [0.25, 0.3) is 6.08 Å². The molecular formula is C17H12F4N2O2. The Morgan fingerprint density at radius 3 is 2.04 bits per heavy atom. The van der Waals surface area contributed by atoms with E-state index >= 15 is 0 Å². The van der Waals surface area contributed by atoms with Crippen molar-refractivity contribution in [3.63, 3.8) is 0 Å². The van der Waals surface area contributed by atoms with Crippen molar-refractivity contribution in [3.8, 4) is 0 Å². The van der Waals surface area contributed by atoms with Crippen LogP contribution in [-0.4, -0.2) is 11.8 Å². The Balaban J connectivity index is 1.88. The highest BCUT2D eigenvalue weighted by molar-refractivity contribution is 5.97. The molecule has 0 aliphatic heterocycles. The molecule has 0 aliphatic rings. The predicted molar refractivity (Wildman–Crippen MR) is 82.5 cm³/mol. The number of alkyl halides is 3. The first-order valence-corrected chi connectivity index (χ1v) is 6.97. The summed E-state index contributed by atoms with van der Waals surface area (Å²) in [5, 5.41) is 0. The quantitative estimate of drug-likeness (QED) is 0.506. The molecule has 0 unspecified atom stereocenters. The van der Waals surface area contributed by atoms with E-state index in [4.69, 9.17) is 0 Å². The van der Waals surface area contributed by atoms with Crippen LogP contribution >= 0.6 is 0 Å². The van der Waals surface area contributed by atoms with E-state index in [9.17, 15) is 27.2 Å². The van der Waals surface area contributed by atoms with Crippen molar-refractivity contribution in [3.05, 3.63) is 77.1 Å². The van der Waals surface area contributed by atoms with Gasteiger partial charge in [0, 0.05) is 11.6 Å². The monoisotopic (exact) mass is 352 g/mol.